The van der Waals surface area contributed by atoms with E-state index in [0.29, 0.717) is 13.3 Å². The SMILES string of the molecule is C=C(O)CN1CCOC1. The lowest BCUT2D eigenvalue weighted by Crippen LogP contribution is -2.22. The first-order valence-corrected chi connectivity index (χ1v) is 2.96. The molecule has 0 aromatic heterocycles. The highest BCUT2D eigenvalue weighted by Crippen LogP contribution is 1.99. The van der Waals surface area contributed by atoms with Crippen LogP contribution in [0.25, 0.3) is 0 Å². The molecule has 0 saturated carbocycles. The van der Waals surface area contributed by atoms with Crippen LogP contribution in [0.5, 0.6) is 0 Å². The van der Waals surface area contributed by atoms with Crippen LogP contribution in [0.1, 0.15) is 0 Å². The molecule has 1 aliphatic rings. The third-order valence-corrected chi connectivity index (χ3v) is 1.23. The van der Waals surface area contributed by atoms with Crippen molar-refractivity contribution in [1.29, 1.82) is 0 Å². The minimum absolute atomic E-state index is 0.209. The molecule has 0 atom stereocenters. The number of hydrogen-bond donors (Lipinski definition) is 1. The van der Waals surface area contributed by atoms with E-state index in [-0.39, 0.29) is 5.76 Å². The van der Waals surface area contributed by atoms with Crippen LogP contribution in [0, 0.1) is 0 Å². The van der Waals surface area contributed by atoms with Gasteiger partial charge < -0.3 is 9.84 Å². The van der Waals surface area contributed by atoms with Crippen molar-refractivity contribution in [3.8, 4) is 0 Å². The molecule has 1 aliphatic heterocycles. The summed E-state index contributed by atoms with van der Waals surface area (Å²) >= 11 is 0. The van der Waals surface area contributed by atoms with Gasteiger partial charge in [0, 0.05) is 6.54 Å². The molecule has 0 aromatic rings. The van der Waals surface area contributed by atoms with Crippen molar-refractivity contribution in [2.24, 2.45) is 0 Å². The lowest BCUT2D eigenvalue weighted by atomic mass is 10.5. The second-order valence-corrected chi connectivity index (χ2v) is 2.16. The summed E-state index contributed by atoms with van der Waals surface area (Å²) < 4.78 is 5.03. The Kier molecular flexibility index (Phi) is 2.08. The highest BCUT2D eigenvalue weighted by molar-refractivity contribution is 4.83. The number of aliphatic hydroxyl groups excluding tert-OH is 1. The van der Waals surface area contributed by atoms with Crippen LogP contribution < -0.4 is 0 Å². The molecule has 1 saturated heterocycles. The van der Waals surface area contributed by atoms with Crippen molar-refractivity contribution in [3.05, 3.63) is 12.3 Å². The Balaban J connectivity index is 2.19. The van der Waals surface area contributed by atoms with Gasteiger partial charge in [0.05, 0.1) is 25.6 Å². The van der Waals surface area contributed by atoms with Crippen LogP contribution in [0.4, 0.5) is 0 Å². The van der Waals surface area contributed by atoms with Crippen molar-refractivity contribution in [2.75, 3.05) is 26.4 Å². The number of hydrogen-bond acceptors (Lipinski definition) is 3. The summed E-state index contributed by atoms with van der Waals surface area (Å²) in [7, 11) is 0. The zero-order chi connectivity index (χ0) is 6.69. The summed E-state index contributed by atoms with van der Waals surface area (Å²) in [6.45, 7) is 6.22. The van der Waals surface area contributed by atoms with E-state index in [2.05, 4.69) is 6.58 Å². The minimum atomic E-state index is 0.209. The number of rotatable bonds is 2. The number of nitrogens with zero attached hydrogens (tertiary/aromatic N) is 1. The maximum atomic E-state index is 8.72. The van der Waals surface area contributed by atoms with Gasteiger partial charge in [-0.3, -0.25) is 4.90 Å². The van der Waals surface area contributed by atoms with Crippen molar-refractivity contribution >= 4 is 0 Å². The Hall–Kier alpha value is -0.540. The summed E-state index contributed by atoms with van der Waals surface area (Å²) in [6.07, 6.45) is 0. The molecule has 9 heavy (non-hydrogen) atoms. The molecular weight excluding hydrogens is 118 g/mol. The molecule has 0 aliphatic carbocycles. The van der Waals surface area contributed by atoms with Gasteiger partial charge in [-0.05, 0) is 0 Å². The smallest absolute Gasteiger partial charge is 0.0995 e. The summed E-state index contributed by atoms with van der Waals surface area (Å²) in [5, 5.41) is 8.72. The molecule has 1 rings (SSSR count). The monoisotopic (exact) mass is 129 g/mol. The average Bonchev–Trinajstić information content (AvgIpc) is 2.15. The topological polar surface area (TPSA) is 32.7 Å². The molecule has 0 unspecified atom stereocenters. The third kappa shape index (κ3) is 2.03. The molecule has 0 radical (unpaired) electrons. The van der Waals surface area contributed by atoms with E-state index in [9.17, 15) is 0 Å². The maximum absolute atomic E-state index is 8.72. The fourth-order valence-electron chi connectivity index (χ4n) is 0.835. The number of ether oxygens (including phenoxy) is 1. The van der Waals surface area contributed by atoms with Crippen molar-refractivity contribution in [1.82, 2.24) is 4.90 Å². The standard InChI is InChI=1S/C6H11NO2/c1-6(8)4-7-2-3-9-5-7/h8H,1-5H2. The molecule has 1 N–H and O–H groups in total. The van der Waals surface area contributed by atoms with Gasteiger partial charge in [-0.1, -0.05) is 6.58 Å². The van der Waals surface area contributed by atoms with Gasteiger partial charge in [0.25, 0.3) is 0 Å². The molecule has 0 aromatic carbocycles. The fraction of sp³-hybridized carbons (Fsp3) is 0.667. The Bertz CT molecular complexity index is 108. The van der Waals surface area contributed by atoms with Crippen molar-refractivity contribution < 1.29 is 9.84 Å². The molecule has 1 fully saturated rings. The van der Waals surface area contributed by atoms with E-state index in [0.717, 1.165) is 13.2 Å². The van der Waals surface area contributed by atoms with Gasteiger partial charge in [-0.2, -0.15) is 0 Å². The molecule has 0 spiro atoms. The second kappa shape index (κ2) is 2.85. The van der Waals surface area contributed by atoms with Gasteiger partial charge in [0.2, 0.25) is 0 Å². The highest BCUT2D eigenvalue weighted by atomic mass is 16.5. The predicted molar refractivity (Wildman–Crippen MR) is 34.2 cm³/mol. The molecule has 3 nitrogen and oxygen atoms in total. The molecular formula is C6H11NO2. The van der Waals surface area contributed by atoms with E-state index in [4.69, 9.17) is 9.84 Å². The van der Waals surface area contributed by atoms with Crippen LogP contribution in [-0.4, -0.2) is 36.4 Å². The first-order valence-electron chi connectivity index (χ1n) is 2.96. The molecule has 52 valence electrons. The second-order valence-electron chi connectivity index (χ2n) is 2.16. The Morgan fingerprint density at radius 1 is 1.78 bits per heavy atom. The van der Waals surface area contributed by atoms with E-state index >= 15 is 0 Å². The first kappa shape index (κ1) is 6.58. The van der Waals surface area contributed by atoms with Gasteiger partial charge in [-0.15, -0.1) is 0 Å². The summed E-state index contributed by atoms with van der Waals surface area (Å²) in [4.78, 5) is 1.99. The zero-order valence-corrected chi connectivity index (χ0v) is 5.34. The van der Waals surface area contributed by atoms with Gasteiger partial charge in [0.1, 0.15) is 0 Å². The largest absolute Gasteiger partial charge is 0.512 e. The Labute approximate surface area is 54.5 Å². The van der Waals surface area contributed by atoms with E-state index in [1.54, 1.807) is 0 Å². The summed E-state index contributed by atoms with van der Waals surface area (Å²) in [5.74, 6) is 0.209. The van der Waals surface area contributed by atoms with E-state index in [1.165, 1.54) is 0 Å². The van der Waals surface area contributed by atoms with Crippen LogP contribution in [0.15, 0.2) is 12.3 Å². The highest BCUT2D eigenvalue weighted by Gasteiger charge is 2.11. The summed E-state index contributed by atoms with van der Waals surface area (Å²) in [5.41, 5.74) is 0. The zero-order valence-electron chi connectivity index (χ0n) is 5.34. The normalized spacial score (nSPS) is 20.4. The van der Waals surface area contributed by atoms with Crippen LogP contribution >= 0.6 is 0 Å². The fourth-order valence-corrected chi connectivity index (χ4v) is 0.835. The average molecular weight is 129 g/mol. The summed E-state index contributed by atoms with van der Waals surface area (Å²) in [6, 6.07) is 0. The quantitative estimate of drug-likeness (QED) is 0.546. The minimum Gasteiger partial charge on any atom is -0.512 e. The molecule has 1 heterocycles. The van der Waals surface area contributed by atoms with E-state index < -0.39 is 0 Å². The van der Waals surface area contributed by atoms with Gasteiger partial charge >= 0.3 is 0 Å². The van der Waals surface area contributed by atoms with Gasteiger partial charge in [-0.25, -0.2) is 0 Å². The van der Waals surface area contributed by atoms with Crippen molar-refractivity contribution in [2.45, 2.75) is 0 Å². The third-order valence-electron chi connectivity index (χ3n) is 1.23. The predicted octanol–water partition coefficient (Wildman–Crippen LogP) is 0.348. The Morgan fingerprint density at radius 2 is 2.56 bits per heavy atom. The lowest BCUT2D eigenvalue weighted by molar-refractivity contribution is 0.139. The van der Waals surface area contributed by atoms with Crippen LogP contribution in [-0.2, 0) is 4.74 Å². The van der Waals surface area contributed by atoms with Crippen LogP contribution in [0.3, 0.4) is 0 Å². The van der Waals surface area contributed by atoms with E-state index in [1.807, 2.05) is 4.90 Å². The Morgan fingerprint density at radius 3 is 3.00 bits per heavy atom. The number of aliphatic hydroxyl groups is 1. The first-order chi connectivity index (χ1) is 4.29. The lowest BCUT2D eigenvalue weighted by Gasteiger charge is -2.09. The van der Waals surface area contributed by atoms with Crippen molar-refractivity contribution in [3.63, 3.8) is 0 Å². The van der Waals surface area contributed by atoms with Gasteiger partial charge in [0.15, 0.2) is 0 Å². The molecule has 3 heteroatoms. The van der Waals surface area contributed by atoms with Crippen LogP contribution in [0.2, 0.25) is 0 Å². The maximum Gasteiger partial charge on any atom is 0.0995 e. The molecule has 0 amide bonds. The molecule has 0 bridgehead atoms.